The lowest BCUT2D eigenvalue weighted by Crippen LogP contribution is -2.31. The number of aryl methyl sites for hydroxylation is 1. The lowest BCUT2D eigenvalue weighted by molar-refractivity contribution is -0.141. The molecule has 2 N–H and O–H groups in total. The highest BCUT2D eigenvalue weighted by molar-refractivity contribution is 6.32. The molecular weight excluding hydrogens is 457 g/mol. The molecule has 0 unspecified atom stereocenters. The first-order chi connectivity index (χ1) is 15.7. The van der Waals surface area contributed by atoms with Crippen LogP contribution in [-0.2, 0) is 17.4 Å². The molecule has 2 aromatic heterocycles. The van der Waals surface area contributed by atoms with Gasteiger partial charge in [0.25, 0.3) is 5.91 Å². The first-order valence-corrected chi connectivity index (χ1v) is 10.5. The fourth-order valence-electron chi connectivity index (χ4n) is 3.58. The third-order valence-corrected chi connectivity index (χ3v) is 5.44. The molecule has 0 radical (unpaired) electrons. The van der Waals surface area contributed by atoms with Crippen molar-refractivity contribution in [3.8, 4) is 11.6 Å². The average molecular weight is 477 g/mol. The summed E-state index contributed by atoms with van der Waals surface area (Å²) < 4.78 is 45.9. The molecule has 0 aliphatic carbocycles. The highest BCUT2D eigenvalue weighted by Crippen LogP contribution is 2.33. The summed E-state index contributed by atoms with van der Waals surface area (Å²) in [5.74, 6) is -0.703. The second kappa shape index (κ2) is 9.19. The first kappa shape index (κ1) is 22.7. The molecule has 2 aromatic carbocycles. The SMILES string of the molecule is Cc1[nH]c2ccccc2c1CCNC(=O)COc1cc(C(F)(F)F)nn1-c1ccccc1Cl. The van der Waals surface area contributed by atoms with Crippen molar-refractivity contribution in [2.75, 3.05) is 13.2 Å². The smallest absolute Gasteiger partial charge is 0.435 e. The Kier molecular flexibility index (Phi) is 6.33. The number of rotatable bonds is 7. The van der Waals surface area contributed by atoms with E-state index < -0.39 is 24.4 Å². The monoisotopic (exact) mass is 476 g/mol. The Balaban J connectivity index is 1.42. The molecule has 0 spiro atoms. The van der Waals surface area contributed by atoms with Crippen LogP contribution in [-0.4, -0.2) is 33.8 Å². The number of amides is 1. The molecule has 0 aliphatic heterocycles. The molecule has 0 saturated carbocycles. The van der Waals surface area contributed by atoms with Gasteiger partial charge in [0.1, 0.15) is 0 Å². The number of aromatic nitrogens is 3. The van der Waals surface area contributed by atoms with Crippen LogP contribution in [0.25, 0.3) is 16.6 Å². The molecular formula is C23H20ClF3N4O2. The third-order valence-electron chi connectivity index (χ3n) is 5.12. The van der Waals surface area contributed by atoms with Gasteiger partial charge in [0.15, 0.2) is 12.3 Å². The minimum atomic E-state index is -4.68. The highest BCUT2D eigenvalue weighted by atomic mass is 35.5. The van der Waals surface area contributed by atoms with Crippen molar-refractivity contribution in [1.82, 2.24) is 20.1 Å². The fourth-order valence-corrected chi connectivity index (χ4v) is 3.79. The second-order valence-corrected chi connectivity index (χ2v) is 7.80. The normalized spacial score (nSPS) is 11.7. The van der Waals surface area contributed by atoms with Crippen LogP contribution in [0.2, 0.25) is 5.02 Å². The van der Waals surface area contributed by atoms with Crippen molar-refractivity contribution in [3.05, 3.63) is 76.6 Å². The summed E-state index contributed by atoms with van der Waals surface area (Å²) in [6, 6.07) is 14.9. The molecule has 33 heavy (non-hydrogen) atoms. The maximum absolute atomic E-state index is 13.2. The van der Waals surface area contributed by atoms with Crippen molar-refractivity contribution in [2.24, 2.45) is 0 Å². The molecule has 0 bridgehead atoms. The Hall–Kier alpha value is -3.46. The first-order valence-electron chi connectivity index (χ1n) is 10.1. The van der Waals surface area contributed by atoms with Gasteiger partial charge in [0.2, 0.25) is 5.88 Å². The van der Waals surface area contributed by atoms with Gasteiger partial charge in [-0.05, 0) is 37.1 Å². The Morgan fingerprint density at radius 2 is 1.91 bits per heavy atom. The molecule has 1 amide bonds. The van der Waals surface area contributed by atoms with Gasteiger partial charge in [-0.3, -0.25) is 4.79 Å². The summed E-state index contributed by atoms with van der Waals surface area (Å²) in [6.45, 7) is 1.84. The van der Waals surface area contributed by atoms with Crippen molar-refractivity contribution in [3.63, 3.8) is 0 Å². The number of H-pyrrole nitrogens is 1. The van der Waals surface area contributed by atoms with Crippen LogP contribution < -0.4 is 10.1 Å². The van der Waals surface area contributed by atoms with E-state index in [2.05, 4.69) is 15.4 Å². The largest absolute Gasteiger partial charge is 0.467 e. The van der Waals surface area contributed by atoms with Crippen molar-refractivity contribution >= 4 is 28.4 Å². The standard InChI is InChI=1S/C23H20ClF3N4O2/c1-14-15(16-6-2-4-8-18(16)29-14)10-11-28-21(32)13-33-22-12-20(23(25,26)27)30-31(22)19-9-5-3-7-17(19)24/h2-9,12,29H,10-11,13H2,1H3,(H,28,32). The average Bonchev–Trinajstić information content (AvgIpc) is 3.34. The maximum Gasteiger partial charge on any atom is 0.435 e. The minimum Gasteiger partial charge on any atom is -0.467 e. The molecule has 0 fully saturated rings. The molecule has 2 heterocycles. The van der Waals surface area contributed by atoms with Gasteiger partial charge in [0.05, 0.1) is 10.7 Å². The van der Waals surface area contributed by atoms with E-state index in [1.54, 1.807) is 12.1 Å². The molecule has 4 aromatic rings. The number of ether oxygens (including phenoxy) is 1. The molecule has 6 nitrogen and oxygen atoms in total. The van der Waals surface area contributed by atoms with Crippen molar-refractivity contribution in [2.45, 2.75) is 19.5 Å². The number of para-hydroxylation sites is 2. The molecule has 0 aliphatic rings. The number of nitrogens with one attached hydrogen (secondary N) is 2. The molecule has 0 saturated heterocycles. The number of hydrogen-bond acceptors (Lipinski definition) is 3. The number of nitrogens with zero attached hydrogens (tertiary/aromatic N) is 2. The van der Waals surface area contributed by atoms with Crippen LogP contribution in [0.4, 0.5) is 13.2 Å². The van der Waals surface area contributed by atoms with Gasteiger partial charge in [-0.15, -0.1) is 0 Å². The number of alkyl halides is 3. The number of benzene rings is 2. The summed E-state index contributed by atoms with van der Waals surface area (Å²) >= 11 is 6.11. The lowest BCUT2D eigenvalue weighted by Gasteiger charge is -2.11. The lowest BCUT2D eigenvalue weighted by atomic mass is 10.1. The summed E-state index contributed by atoms with van der Waals surface area (Å²) in [6.07, 6.45) is -4.08. The fraction of sp³-hybridized carbons (Fsp3) is 0.217. The van der Waals surface area contributed by atoms with Crippen molar-refractivity contribution < 1.29 is 22.7 Å². The number of halogens is 4. The van der Waals surface area contributed by atoms with E-state index in [9.17, 15) is 18.0 Å². The molecule has 0 atom stereocenters. The maximum atomic E-state index is 13.2. The van der Waals surface area contributed by atoms with Crippen LogP contribution in [0.1, 0.15) is 17.0 Å². The van der Waals surface area contributed by atoms with E-state index in [-0.39, 0.29) is 16.6 Å². The number of aromatic amines is 1. The van der Waals surface area contributed by atoms with Crippen molar-refractivity contribution in [1.29, 1.82) is 0 Å². The Morgan fingerprint density at radius 3 is 2.67 bits per heavy atom. The predicted octanol–water partition coefficient (Wildman–Crippen LogP) is 5.07. The Morgan fingerprint density at radius 1 is 1.18 bits per heavy atom. The molecule has 172 valence electrons. The topological polar surface area (TPSA) is 71.9 Å². The van der Waals surface area contributed by atoms with Crippen LogP contribution in [0.5, 0.6) is 5.88 Å². The number of carbonyl (C=O) groups excluding carboxylic acids is 1. The van der Waals surface area contributed by atoms with Gasteiger partial charge in [-0.2, -0.15) is 23.0 Å². The predicted molar refractivity (Wildman–Crippen MR) is 119 cm³/mol. The van der Waals surface area contributed by atoms with Crippen LogP contribution in [0, 0.1) is 6.92 Å². The second-order valence-electron chi connectivity index (χ2n) is 7.39. The summed E-state index contributed by atoms with van der Waals surface area (Å²) in [4.78, 5) is 15.6. The zero-order valence-electron chi connectivity index (χ0n) is 17.5. The number of fused-ring (bicyclic) bond motifs is 1. The van der Waals surface area contributed by atoms with Gasteiger partial charge < -0.3 is 15.0 Å². The Bertz CT molecular complexity index is 1300. The van der Waals surface area contributed by atoms with E-state index in [1.165, 1.54) is 12.1 Å². The quantitative estimate of drug-likeness (QED) is 0.391. The van der Waals surface area contributed by atoms with Gasteiger partial charge in [-0.1, -0.05) is 41.9 Å². The van der Waals surface area contributed by atoms with E-state index in [0.717, 1.165) is 32.9 Å². The minimum absolute atomic E-state index is 0.192. The van der Waals surface area contributed by atoms with Gasteiger partial charge in [0, 0.05) is 29.2 Å². The third kappa shape index (κ3) is 4.98. The zero-order chi connectivity index (χ0) is 23.6. The summed E-state index contributed by atoms with van der Waals surface area (Å²) in [7, 11) is 0. The Labute approximate surface area is 192 Å². The van der Waals surface area contributed by atoms with E-state index >= 15 is 0 Å². The van der Waals surface area contributed by atoms with E-state index in [1.807, 2.05) is 31.2 Å². The molecule has 10 heteroatoms. The van der Waals surface area contributed by atoms with Crippen LogP contribution in [0.3, 0.4) is 0 Å². The van der Waals surface area contributed by atoms with Crippen LogP contribution >= 0.6 is 11.6 Å². The van der Waals surface area contributed by atoms with Gasteiger partial charge >= 0.3 is 6.18 Å². The highest BCUT2D eigenvalue weighted by Gasteiger charge is 2.36. The van der Waals surface area contributed by atoms with Crippen LogP contribution in [0.15, 0.2) is 54.6 Å². The summed E-state index contributed by atoms with van der Waals surface area (Å²) in [5, 5.41) is 7.59. The summed E-state index contributed by atoms with van der Waals surface area (Å²) in [5.41, 5.74) is 2.20. The van der Waals surface area contributed by atoms with E-state index in [0.29, 0.717) is 13.0 Å². The number of hydrogen-bond donors (Lipinski definition) is 2. The molecule has 4 rings (SSSR count). The van der Waals surface area contributed by atoms with Gasteiger partial charge in [-0.25, -0.2) is 0 Å². The number of carbonyl (C=O) groups is 1. The van der Waals surface area contributed by atoms with E-state index in [4.69, 9.17) is 16.3 Å². The zero-order valence-corrected chi connectivity index (χ0v) is 18.3.